The summed E-state index contributed by atoms with van der Waals surface area (Å²) in [6, 6.07) is 0. The molecule has 0 aliphatic rings. The second-order valence-electron chi connectivity index (χ2n) is 7.38. The number of aliphatic hydroxyl groups excluding tert-OH is 2. The number of hydrogen-bond donors (Lipinski definition) is 3. The third-order valence-corrected chi connectivity index (χ3v) is 4.92. The van der Waals surface area contributed by atoms with Crippen molar-refractivity contribution in [3.8, 4) is 0 Å². The molecule has 0 spiro atoms. The smallest absolute Gasteiger partial charge is 0.332 e. The van der Waals surface area contributed by atoms with Gasteiger partial charge in [-0.15, -0.1) is 0 Å². The third-order valence-electron chi connectivity index (χ3n) is 4.92. The van der Waals surface area contributed by atoms with Gasteiger partial charge < -0.3 is 15.3 Å². The first-order valence-corrected chi connectivity index (χ1v) is 10.7. The highest BCUT2D eigenvalue weighted by Crippen LogP contribution is 2.14. The van der Waals surface area contributed by atoms with Crippen molar-refractivity contribution in [2.24, 2.45) is 0 Å². The Morgan fingerprint density at radius 3 is 1.12 bits per heavy atom. The number of carboxylic acid groups (broad SMARTS) is 1. The van der Waals surface area contributed by atoms with Gasteiger partial charge in [-0.3, -0.25) is 0 Å². The first-order valence-electron chi connectivity index (χ1n) is 10.7. The van der Waals surface area contributed by atoms with Crippen molar-refractivity contribution in [1.29, 1.82) is 0 Å². The molecule has 0 amide bonds. The molecule has 0 saturated heterocycles. The van der Waals surface area contributed by atoms with Gasteiger partial charge >= 0.3 is 5.97 Å². The van der Waals surface area contributed by atoms with E-state index in [0.29, 0.717) is 13.0 Å². The normalized spacial score (nSPS) is 12.4. The molecule has 1 unspecified atom stereocenters. The van der Waals surface area contributed by atoms with Crippen LogP contribution in [-0.4, -0.2) is 34.0 Å². The molecule has 0 aromatic heterocycles. The largest absolute Gasteiger partial charge is 0.479 e. The molecule has 0 radical (unpaired) electrons. The third kappa shape index (κ3) is 19.6. The Morgan fingerprint density at radius 1 is 0.560 bits per heavy atom. The SMILES string of the molecule is O=C(O)C(O)CCCCCCCCCCCCCCCCCCCO. The summed E-state index contributed by atoms with van der Waals surface area (Å²) in [6.07, 6.45) is 20.4. The van der Waals surface area contributed by atoms with Crippen LogP contribution in [0.2, 0.25) is 0 Å². The summed E-state index contributed by atoms with van der Waals surface area (Å²) in [5.74, 6) is -1.10. The second-order valence-corrected chi connectivity index (χ2v) is 7.38. The van der Waals surface area contributed by atoms with Gasteiger partial charge in [-0.25, -0.2) is 4.79 Å². The van der Waals surface area contributed by atoms with Crippen LogP contribution in [-0.2, 0) is 4.79 Å². The van der Waals surface area contributed by atoms with Gasteiger partial charge in [0, 0.05) is 6.61 Å². The molecule has 0 aliphatic carbocycles. The Labute approximate surface area is 155 Å². The Kier molecular flexibility index (Phi) is 19.2. The fourth-order valence-electron chi connectivity index (χ4n) is 3.22. The number of aliphatic carboxylic acids is 1. The zero-order valence-corrected chi connectivity index (χ0v) is 16.3. The Hall–Kier alpha value is -0.610. The molecule has 150 valence electrons. The molecule has 3 N–H and O–H groups in total. The predicted molar refractivity (Wildman–Crippen MR) is 104 cm³/mol. The summed E-state index contributed by atoms with van der Waals surface area (Å²) in [4.78, 5) is 10.5. The van der Waals surface area contributed by atoms with Crippen molar-refractivity contribution in [1.82, 2.24) is 0 Å². The summed E-state index contributed by atoms with van der Waals surface area (Å²) in [7, 11) is 0. The van der Waals surface area contributed by atoms with E-state index in [1.165, 1.54) is 83.5 Å². The van der Waals surface area contributed by atoms with Gasteiger partial charge in [-0.05, 0) is 12.8 Å². The highest BCUT2D eigenvalue weighted by atomic mass is 16.4. The maximum absolute atomic E-state index is 10.5. The van der Waals surface area contributed by atoms with Crippen molar-refractivity contribution in [3.05, 3.63) is 0 Å². The monoisotopic (exact) mass is 358 g/mol. The van der Waals surface area contributed by atoms with Gasteiger partial charge in [0.05, 0.1) is 0 Å². The van der Waals surface area contributed by atoms with Crippen LogP contribution in [0.1, 0.15) is 116 Å². The Bertz CT molecular complexity index is 281. The fourth-order valence-corrected chi connectivity index (χ4v) is 3.22. The van der Waals surface area contributed by atoms with Gasteiger partial charge in [-0.2, -0.15) is 0 Å². The lowest BCUT2D eigenvalue weighted by Gasteiger charge is -2.05. The summed E-state index contributed by atoms with van der Waals surface area (Å²) >= 11 is 0. The lowest BCUT2D eigenvalue weighted by molar-refractivity contribution is -0.146. The molecule has 0 saturated carbocycles. The van der Waals surface area contributed by atoms with Crippen molar-refractivity contribution < 1.29 is 20.1 Å². The van der Waals surface area contributed by atoms with E-state index in [2.05, 4.69) is 0 Å². The highest BCUT2D eigenvalue weighted by Gasteiger charge is 2.11. The summed E-state index contributed by atoms with van der Waals surface area (Å²) in [5, 5.41) is 26.4. The molecule has 0 aromatic carbocycles. The van der Waals surface area contributed by atoms with Crippen LogP contribution in [0, 0.1) is 0 Å². The molecule has 0 aliphatic heterocycles. The lowest BCUT2D eigenvalue weighted by atomic mass is 10.0. The number of carboxylic acids is 1. The van der Waals surface area contributed by atoms with Crippen LogP contribution in [0.3, 0.4) is 0 Å². The molecule has 0 heterocycles. The minimum atomic E-state index is -1.17. The number of hydrogen-bond acceptors (Lipinski definition) is 3. The molecule has 0 rings (SSSR count). The zero-order chi connectivity index (χ0) is 18.6. The average molecular weight is 359 g/mol. The van der Waals surface area contributed by atoms with E-state index in [0.717, 1.165) is 25.7 Å². The quantitative estimate of drug-likeness (QED) is 0.253. The standard InChI is InChI=1S/C21H42O4/c22-19-17-15-13-11-9-7-5-3-1-2-4-6-8-10-12-14-16-18-20(23)21(24)25/h20,22-23H,1-19H2,(H,24,25). The minimum absolute atomic E-state index is 0.344. The van der Waals surface area contributed by atoms with Gasteiger partial charge in [0.2, 0.25) is 0 Å². The lowest BCUT2D eigenvalue weighted by Crippen LogP contribution is -2.18. The van der Waals surface area contributed by atoms with Crippen LogP contribution in [0.4, 0.5) is 0 Å². The number of rotatable bonds is 20. The van der Waals surface area contributed by atoms with E-state index in [4.69, 9.17) is 15.3 Å². The summed E-state index contributed by atoms with van der Waals surface area (Å²) < 4.78 is 0. The van der Waals surface area contributed by atoms with E-state index < -0.39 is 12.1 Å². The summed E-state index contributed by atoms with van der Waals surface area (Å²) in [6.45, 7) is 0.344. The van der Waals surface area contributed by atoms with Crippen molar-refractivity contribution in [3.63, 3.8) is 0 Å². The molecule has 0 aromatic rings. The van der Waals surface area contributed by atoms with E-state index in [1.807, 2.05) is 0 Å². The number of aliphatic hydroxyl groups is 2. The maximum atomic E-state index is 10.5. The van der Waals surface area contributed by atoms with Crippen molar-refractivity contribution in [2.45, 2.75) is 122 Å². The first kappa shape index (κ1) is 24.4. The first-order chi connectivity index (χ1) is 12.2. The van der Waals surface area contributed by atoms with Crippen LogP contribution < -0.4 is 0 Å². The van der Waals surface area contributed by atoms with Gasteiger partial charge in [0.15, 0.2) is 6.10 Å². The Morgan fingerprint density at radius 2 is 0.840 bits per heavy atom. The fraction of sp³-hybridized carbons (Fsp3) is 0.952. The predicted octanol–water partition coefficient (Wildman–Crippen LogP) is 5.45. The van der Waals surface area contributed by atoms with Crippen LogP contribution in [0.15, 0.2) is 0 Å². The second kappa shape index (κ2) is 19.7. The minimum Gasteiger partial charge on any atom is -0.479 e. The zero-order valence-electron chi connectivity index (χ0n) is 16.3. The van der Waals surface area contributed by atoms with Crippen molar-refractivity contribution >= 4 is 5.97 Å². The molecule has 4 heteroatoms. The molecule has 25 heavy (non-hydrogen) atoms. The summed E-state index contributed by atoms with van der Waals surface area (Å²) in [5.41, 5.74) is 0. The van der Waals surface area contributed by atoms with Gasteiger partial charge in [-0.1, -0.05) is 103 Å². The highest BCUT2D eigenvalue weighted by molar-refractivity contribution is 5.71. The van der Waals surface area contributed by atoms with Gasteiger partial charge in [0.25, 0.3) is 0 Å². The number of unbranched alkanes of at least 4 members (excludes halogenated alkanes) is 16. The van der Waals surface area contributed by atoms with Crippen LogP contribution >= 0.6 is 0 Å². The number of carbonyl (C=O) groups is 1. The molecule has 0 bridgehead atoms. The van der Waals surface area contributed by atoms with Gasteiger partial charge in [0.1, 0.15) is 0 Å². The van der Waals surface area contributed by atoms with Crippen molar-refractivity contribution in [2.75, 3.05) is 6.61 Å². The molecular formula is C21H42O4. The topological polar surface area (TPSA) is 77.8 Å². The molecule has 0 fully saturated rings. The van der Waals surface area contributed by atoms with Crippen LogP contribution in [0.25, 0.3) is 0 Å². The Balaban J connectivity index is 3.04. The van der Waals surface area contributed by atoms with Crippen LogP contribution in [0.5, 0.6) is 0 Å². The van der Waals surface area contributed by atoms with E-state index >= 15 is 0 Å². The van der Waals surface area contributed by atoms with E-state index in [9.17, 15) is 4.79 Å². The van der Waals surface area contributed by atoms with E-state index in [1.54, 1.807) is 0 Å². The van der Waals surface area contributed by atoms with E-state index in [-0.39, 0.29) is 0 Å². The molecular weight excluding hydrogens is 316 g/mol. The molecule has 1 atom stereocenters. The average Bonchev–Trinajstić information content (AvgIpc) is 2.60. The maximum Gasteiger partial charge on any atom is 0.332 e. The molecule has 4 nitrogen and oxygen atoms in total.